The number of aromatic nitrogens is 1. The van der Waals surface area contributed by atoms with Crippen molar-refractivity contribution in [1.29, 1.82) is 0 Å². The molecule has 3 atom stereocenters. The van der Waals surface area contributed by atoms with Crippen LogP contribution in [0.3, 0.4) is 0 Å². The van der Waals surface area contributed by atoms with Crippen molar-refractivity contribution in [3.05, 3.63) is 30.1 Å². The number of methoxy groups -OCH3 is 1. The highest BCUT2D eigenvalue weighted by atomic mass is 31.2. The van der Waals surface area contributed by atoms with E-state index in [1.54, 1.807) is 32.2 Å². The molecule has 1 unspecified atom stereocenters. The summed E-state index contributed by atoms with van der Waals surface area (Å²) in [5, 5.41) is 14.6. The first-order chi connectivity index (χ1) is 14.1. The second kappa shape index (κ2) is 10.2. The van der Waals surface area contributed by atoms with Gasteiger partial charge in [-0.15, -0.1) is 9.61 Å². The maximum absolute atomic E-state index is 12.6. The number of carboxylic acids is 1. The van der Waals surface area contributed by atoms with Gasteiger partial charge in [0.1, 0.15) is 6.61 Å². The predicted molar refractivity (Wildman–Crippen MR) is 106 cm³/mol. The lowest BCUT2D eigenvalue weighted by molar-refractivity contribution is -0.142. The van der Waals surface area contributed by atoms with Crippen LogP contribution >= 0.6 is 8.09 Å². The highest BCUT2D eigenvalue weighted by Crippen LogP contribution is 2.60. The zero-order valence-corrected chi connectivity index (χ0v) is 17.9. The molecular formula is C18H27N3O8P+. The smallest absolute Gasteiger partial charge is 0.480 e. The molecular weight excluding hydrogens is 417 g/mol. The molecule has 30 heavy (non-hydrogen) atoms. The number of ether oxygens (including phenoxy) is 1. The van der Waals surface area contributed by atoms with Crippen LogP contribution in [0.5, 0.6) is 0 Å². The number of carboxylic acid groups (broad SMARTS) is 1. The second-order valence-electron chi connectivity index (χ2n) is 7.47. The molecule has 0 aliphatic carbocycles. The molecule has 166 valence electrons. The molecule has 1 aliphatic rings. The van der Waals surface area contributed by atoms with Crippen molar-refractivity contribution >= 4 is 25.9 Å². The Labute approximate surface area is 174 Å². The van der Waals surface area contributed by atoms with E-state index in [9.17, 15) is 24.4 Å². The van der Waals surface area contributed by atoms with Crippen molar-refractivity contribution < 1.29 is 38.2 Å². The predicted octanol–water partition coefficient (Wildman–Crippen LogP) is 0.458. The SMILES string of the molecule is COC(=O)CCNC(=O)[C@@H]1O[P+](O)(N[C@@H](Cc2cccnc2)C(=O)O)OCC1(C)C. The zero-order valence-electron chi connectivity index (χ0n) is 17.0. The van der Waals surface area contributed by atoms with E-state index >= 15 is 0 Å². The Morgan fingerprint density at radius 2 is 2.17 bits per heavy atom. The van der Waals surface area contributed by atoms with Crippen LogP contribution in [0, 0.1) is 5.41 Å². The number of aliphatic carboxylic acids is 1. The fraction of sp³-hybridized carbons (Fsp3) is 0.556. The average molecular weight is 444 g/mol. The number of nitrogens with zero attached hydrogens (tertiary/aromatic N) is 1. The molecule has 0 bridgehead atoms. The van der Waals surface area contributed by atoms with Gasteiger partial charge in [-0.05, 0) is 11.6 Å². The Morgan fingerprint density at radius 3 is 2.77 bits per heavy atom. The lowest BCUT2D eigenvalue weighted by Crippen LogP contribution is -2.53. The summed E-state index contributed by atoms with van der Waals surface area (Å²) in [6.07, 6.45) is 1.96. The van der Waals surface area contributed by atoms with Gasteiger partial charge >= 0.3 is 20.0 Å². The summed E-state index contributed by atoms with van der Waals surface area (Å²) >= 11 is 0. The van der Waals surface area contributed by atoms with Gasteiger partial charge in [0.05, 0.1) is 13.5 Å². The van der Waals surface area contributed by atoms with E-state index in [0.29, 0.717) is 5.56 Å². The fourth-order valence-corrected chi connectivity index (χ4v) is 4.70. The first-order valence-corrected chi connectivity index (χ1v) is 10.8. The Balaban J connectivity index is 2.07. The maximum atomic E-state index is 12.6. The average Bonchev–Trinajstić information content (AvgIpc) is 2.70. The third-order valence-electron chi connectivity index (χ3n) is 4.44. The number of carbonyl (C=O) groups is 3. The van der Waals surface area contributed by atoms with Crippen molar-refractivity contribution in [2.24, 2.45) is 5.41 Å². The Morgan fingerprint density at radius 1 is 1.43 bits per heavy atom. The lowest BCUT2D eigenvalue weighted by Gasteiger charge is -2.37. The van der Waals surface area contributed by atoms with Gasteiger partial charge in [0.25, 0.3) is 5.91 Å². The molecule has 0 radical (unpaired) electrons. The van der Waals surface area contributed by atoms with Crippen molar-refractivity contribution in [1.82, 2.24) is 15.4 Å². The molecule has 1 aromatic heterocycles. The van der Waals surface area contributed by atoms with Gasteiger partial charge < -0.3 is 15.2 Å². The number of rotatable bonds is 9. The van der Waals surface area contributed by atoms with E-state index in [1.165, 1.54) is 13.3 Å². The Hall–Kier alpha value is -2.17. The Kier molecular flexibility index (Phi) is 8.22. The summed E-state index contributed by atoms with van der Waals surface area (Å²) in [6.45, 7) is 3.42. The van der Waals surface area contributed by atoms with E-state index in [-0.39, 0.29) is 26.0 Å². The van der Waals surface area contributed by atoms with Crippen molar-refractivity contribution in [2.75, 3.05) is 20.3 Å². The summed E-state index contributed by atoms with van der Waals surface area (Å²) in [5.74, 6) is -2.25. The van der Waals surface area contributed by atoms with Gasteiger partial charge in [0, 0.05) is 30.8 Å². The molecule has 1 aromatic rings. The summed E-state index contributed by atoms with van der Waals surface area (Å²) in [6, 6.07) is 2.15. The van der Waals surface area contributed by atoms with Gasteiger partial charge in [-0.2, -0.15) is 9.42 Å². The minimum atomic E-state index is -3.86. The number of amides is 1. The highest BCUT2D eigenvalue weighted by Gasteiger charge is 2.58. The van der Waals surface area contributed by atoms with Gasteiger partial charge in [-0.3, -0.25) is 19.4 Å². The summed E-state index contributed by atoms with van der Waals surface area (Å²) in [7, 11) is -2.62. The van der Waals surface area contributed by atoms with Crippen LogP contribution < -0.4 is 10.4 Å². The number of hydrogen-bond donors (Lipinski definition) is 4. The summed E-state index contributed by atoms with van der Waals surface area (Å²) in [5.41, 5.74) is -0.163. The monoisotopic (exact) mass is 444 g/mol. The standard InChI is InChI=1S/C18H26N3O8P/c1-18(2)11-28-30(26,29-15(18)16(23)20-8-6-14(22)27-3)21-13(17(24)25)9-12-5-4-7-19-10-12/h4-5,7,10,13,15,21,26H,6,8-9,11H2,1-3H3,(H-,20,23,24,25)/p+1/t13-,15-,30?/m0/s1. The molecule has 4 N–H and O–H groups in total. The van der Waals surface area contributed by atoms with Crippen LogP contribution in [0.25, 0.3) is 0 Å². The van der Waals surface area contributed by atoms with Gasteiger partial charge in [0.15, 0.2) is 12.1 Å². The van der Waals surface area contributed by atoms with Crippen LogP contribution in [0.15, 0.2) is 24.5 Å². The third kappa shape index (κ3) is 6.68. The van der Waals surface area contributed by atoms with Crippen LogP contribution in [-0.2, 0) is 34.6 Å². The molecule has 1 aliphatic heterocycles. The molecule has 12 heteroatoms. The lowest BCUT2D eigenvalue weighted by atomic mass is 9.87. The maximum Gasteiger partial charge on any atom is 0.500 e. The molecule has 0 aromatic carbocycles. The van der Waals surface area contributed by atoms with Crippen molar-refractivity contribution in [3.8, 4) is 0 Å². The molecule has 0 spiro atoms. The molecule has 0 saturated carbocycles. The minimum absolute atomic E-state index is 0.0181. The van der Waals surface area contributed by atoms with Crippen molar-refractivity contribution in [3.63, 3.8) is 0 Å². The highest BCUT2D eigenvalue weighted by molar-refractivity contribution is 7.58. The number of esters is 1. The Bertz CT molecular complexity index is 763. The van der Waals surface area contributed by atoms with E-state index in [2.05, 4.69) is 20.1 Å². The molecule has 11 nitrogen and oxygen atoms in total. The quantitative estimate of drug-likeness (QED) is 0.312. The fourth-order valence-electron chi connectivity index (χ4n) is 2.74. The molecule has 2 rings (SSSR count). The molecule has 1 amide bonds. The number of carbonyl (C=O) groups excluding carboxylic acids is 2. The van der Waals surface area contributed by atoms with Gasteiger partial charge in [-0.1, -0.05) is 19.9 Å². The van der Waals surface area contributed by atoms with E-state index in [1.807, 2.05) is 0 Å². The van der Waals surface area contributed by atoms with E-state index < -0.39 is 43.5 Å². The molecule has 1 fully saturated rings. The number of hydrogen-bond acceptors (Lipinski definition) is 9. The van der Waals surface area contributed by atoms with Gasteiger partial charge in [0.2, 0.25) is 0 Å². The zero-order chi connectivity index (χ0) is 22.4. The third-order valence-corrected chi connectivity index (χ3v) is 6.06. The first-order valence-electron chi connectivity index (χ1n) is 9.25. The second-order valence-corrected chi connectivity index (χ2v) is 9.24. The van der Waals surface area contributed by atoms with E-state index in [4.69, 9.17) is 9.05 Å². The summed E-state index contributed by atoms with van der Waals surface area (Å²) in [4.78, 5) is 50.2. The molecule has 2 heterocycles. The van der Waals surface area contributed by atoms with Crippen molar-refractivity contribution in [2.45, 2.75) is 38.8 Å². The number of nitrogens with one attached hydrogen (secondary N) is 2. The van der Waals surface area contributed by atoms with Gasteiger partial charge in [-0.25, -0.2) is 0 Å². The summed E-state index contributed by atoms with van der Waals surface area (Å²) < 4.78 is 15.5. The van der Waals surface area contributed by atoms with E-state index in [0.717, 1.165) is 0 Å². The van der Waals surface area contributed by atoms with Crippen LogP contribution in [0.2, 0.25) is 0 Å². The first kappa shape index (κ1) is 24.1. The largest absolute Gasteiger partial charge is 0.500 e. The van der Waals surface area contributed by atoms with Crippen LogP contribution in [0.4, 0.5) is 0 Å². The van der Waals surface area contributed by atoms with Crippen LogP contribution in [-0.4, -0.2) is 65.2 Å². The number of pyridine rings is 1. The molecule has 1 saturated heterocycles. The topological polar surface area (TPSA) is 156 Å². The minimum Gasteiger partial charge on any atom is -0.480 e. The van der Waals surface area contributed by atoms with Crippen LogP contribution in [0.1, 0.15) is 25.8 Å². The normalized spacial score (nSPS) is 23.9.